The number of aromatic nitrogens is 1. The number of hydrogen-bond donors (Lipinski definition) is 2. The number of aliphatic hydroxyl groups is 1. The van der Waals surface area contributed by atoms with E-state index in [1.54, 1.807) is 19.3 Å². The number of aryl methyl sites for hydroxylation is 1. The first-order valence-corrected chi connectivity index (χ1v) is 7.68. The molecule has 5 nitrogen and oxygen atoms in total. The topological polar surface area (TPSA) is 79.3 Å². The van der Waals surface area contributed by atoms with Crippen LogP contribution in [-0.4, -0.2) is 36.9 Å². The molecule has 0 saturated carbocycles. The van der Waals surface area contributed by atoms with Gasteiger partial charge in [0.15, 0.2) is 0 Å². The van der Waals surface area contributed by atoms with Crippen molar-refractivity contribution in [2.45, 2.75) is 32.2 Å². The second kappa shape index (κ2) is 7.45. The van der Waals surface area contributed by atoms with Crippen molar-refractivity contribution < 1.29 is 13.5 Å². The molecule has 0 aromatic carbocycles. The number of nitrogens with one attached hydrogen (secondary N) is 1. The summed E-state index contributed by atoms with van der Waals surface area (Å²) >= 11 is 0. The van der Waals surface area contributed by atoms with Crippen LogP contribution in [0.2, 0.25) is 0 Å². The molecule has 0 spiro atoms. The van der Waals surface area contributed by atoms with Gasteiger partial charge in [-0.3, -0.25) is 4.98 Å². The Hall–Kier alpha value is -0.980. The summed E-state index contributed by atoms with van der Waals surface area (Å²) in [6.07, 6.45) is 5.03. The predicted molar refractivity (Wildman–Crippen MR) is 70.6 cm³/mol. The van der Waals surface area contributed by atoms with Crippen molar-refractivity contribution in [3.63, 3.8) is 0 Å². The average molecular weight is 272 g/mol. The Bertz CT molecular complexity index is 434. The Morgan fingerprint density at radius 1 is 1.39 bits per heavy atom. The maximum Gasteiger partial charge on any atom is 0.212 e. The van der Waals surface area contributed by atoms with Gasteiger partial charge in [-0.25, -0.2) is 13.1 Å². The van der Waals surface area contributed by atoms with Gasteiger partial charge in [0.2, 0.25) is 10.0 Å². The van der Waals surface area contributed by atoms with Crippen LogP contribution in [0.25, 0.3) is 0 Å². The van der Waals surface area contributed by atoms with Gasteiger partial charge in [0.1, 0.15) is 0 Å². The van der Waals surface area contributed by atoms with Crippen LogP contribution in [0.4, 0.5) is 0 Å². The van der Waals surface area contributed by atoms with Crippen LogP contribution in [0.1, 0.15) is 25.3 Å². The van der Waals surface area contributed by atoms with E-state index in [9.17, 15) is 8.42 Å². The molecule has 1 unspecified atom stereocenters. The fourth-order valence-corrected chi connectivity index (χ4v) is 2.98. The molecule has 0 aliphatic rings. The summed E-state index contributed by atoms with van der Waals surface area (Å²) in [5.41, 5.74) is 0.957. The minimum absolute atomic E-state index is 0.0699. The van der Waals surface area contributed by atoms with Crippen LogP contribution < -0.4 is 4.72 Å². The Morgan fingerprint density at radius 3 is 2.67 bits per heavy atom. The van der Waals surface area contributed by atoms with E-state index in [4.69, 9.17) is 5.11 Å². The molecule has 1 atom stereocenters. The first-order valence-electron chi connectivity index (χ1n) is 6.03. The lowest BCUT2D eigenvalue weighted by Crippen LogP contribution is -2.35. The van der Waals surface area contributed by atoms with Crippen molar-refractivity contribution in [1.29, 1.82) is 0 Å². The first kappa shape index (κ1) is 15.1. The van der Waals surface area contributed by atoms with Crippen LogP contribution in [0.3, 0.4) is 0 Å². The van der Waals surface area contributed by atoms with E-state index in [1.165, 1.54) is 0 Å². The third-order valence-electron chi connectivity index (χ3n) is 2.58. The molecule has 0 radical (unpaired) electrons. The highest BCUT2D eigenvalue weighted by molar-refractivity contribution is 7.89. The van der Waals surface area contributed by atoms with Gasteiger partial charge >= 0.3 is 0 Å². The van der Waals surface area contributed by atoms with E-state index in [1.807, 2.05) is 12.1 Å². The number of pyridine rings is 1. The molecule has 1 aromatic heterocycles. The van der Waals surface area contributed by atoms with Gasteiger partial charge in [-0.05, 0) is 43.9 Å². The molecule has 0 aliphatic heterocycles. The van der Waals surface area contributed by atoms with E-state index in [0.29, 0.717) is 19.3 Å². The van der Waals surface area contributed by atoms with Gasteiger partial charge in [-0.1, -0.05) is 0 Å². The molecular formula is C12H20N2O3S. The summed E-state index contributed by atoms with van der Waals surface area (Å²) in [6.45, 7) is 1.89. The minimum Gasteiger partial charge on any atom is -0.396 e. The fraction of sp³-hybridized carbons (Fsp3) is 0.583. The Labute approximate surface area is 108 Å². The van der Waals surface area contributed by atoms with Crippen molar-refractivity contribution in [3.05, 3.63) is 30.1 Å². The third-order valence-corrected chi connectivity index (χ3v) is 4.09. The summed E-state index contributed by atoms with van der Waals surface area (Å²) in [4.78, 5) is 3.88. The van der Waals surface area contributed by atoms with Crippen LogP contribution in [0.5, 0.6) is 0 Å². The predicted octanol–water partition coefficient (Wildman–Crippen LogP) is 0.704. The molecule has 6 heteroatoms. The zero-order chi connectivity index (χ0) is 13.4. The van der Waals surface area contributed by atoms with E-state index in [2.05, 4.69) is 9.71 Å². The van der Waals surface area contributed by atoms with Crippen LogP contribution in [0.15, 0.2) is 24.5 Å². The molecule has 0 bridgehead atoms. The number of aliphatic hydroxyl groups excluding tert-OH is 1. The van der Waals surface area contributed by atoms with E-state index in [-0.39, 0.29) is 18.4 Å². The van der Waals surface area contributed by atoms with Crippen LogP contribution in [-0.2, 0) is 16.4 Å². The quantitative estimate of drug-likeness (QED) is 0.730. The van der Waals surface area contributed by atoms with Crippen molar-refractivity contribution >= 4 is 10.0 Å². The second-order valence-corrected chi connectivity index (χ2v) is 6.18. The molecule has 0 fully saturated rings. The SMILES string of the molecule is CC(CCCO)NS(=O)(=O)CCc1ccncc1. The van der Waals surface area contributed by atoms with Gasteiger partial charge in [0.25, 0.3) is 0 Å². The minimum atomic E-state index is -3.26. The highest BCUT2D eigenvalue weighted by atomic mass is 32.2. The zero-order valence-corrected chi connectivity index (χ0v) is 11.4. The summed E-state index contributed by atoms with van der Waals surface area (Å²) < 4.78 is 26.2. The number of sulfonamides is 1. The van der Waals surface area contributed by atoms with Crippen molar-refractivity contribution in [3.8, 4) is 0 Å². The smallest absolute Gasteiger partial charge is 0.212 e. The molecule has 1 aromatic rings. The Morgan fingerprint density at radius 2 is 2.06 bits per heavy atom. The van der Waals surface area contributed by atoms with Crippen molar-refractivity contribution in [2.75, 3.05) is 12.4 Å². The van der Waals surface area contributed by atoms with E-state index >= 15 is 0 Å². The summed E-state index contributed by atoms with van der Waals surface area (Å²) in [6, 6.07) is 3.48. The lowest BCUT2D eigenvalue weighted by molar-refractivity contribution is 0.279. The molecule has 102 valence electrons. The first-order chi connectivity index (χ1) is 8.53. The van der Waals surface area contributed by atoms with Crippen LogP contribution >= 0.6 is 0 Å². The van der Waals surface area contributed by atoms with Gasteiger partial charge in [0.05, 0.1) is 5.75 Å². The molecule has 0 aliphatic carbocycles. The number of nitrogens with zero attached hydrogens (tertiary/aromatic N) is 1. The van der Waals surface area contributed by atoms with Crippen LogP contribution in [0, 0.1) is 0 Å². The van der Waals surface area contributed by atoms with E-state index in [0.717, 1.165) is 5.56 Å². The van der Waals surface area contributed by atoms with Crippen molar-refractivity contribution in [2.24, 2.45) is 0 Å². The number of rotatable bonds is 8. The van der Waals surface area contributed by atoms with Gasteiger partial charge in [-0.2, -0.15) is 0 Å². The molecule has 1 heterocycles. The summed E-state index contributed by atoms with van der Waals surface area (Å²) in [7, 11) is -3.26. The lowest BCUT2D eigenvalue weighted by atomic mass is 10.2. The average Bonchev–Trinajstić information content (AvgIpc) is 2.35. The van der Waals surface area contributed by atoms with E-state index < -0.39 is 10.0 Å². The standard InChI is InChI=1S/C12H20N2O3S/c1-11(3-2-9-15)14-18(16,17)10-6-12-4-7-13-8-5-12/h4-5,7-8,11,14-15H,2-3,6,9-10H2,1H3. The monoisotopic (exact) mass is 272 g/mol. The van der Waals surface area contributed by atoms with Crippen molar-refractivity contribution in [1.82, 2.24) is 9.71 Å². The maximum absolute atomic E-state index is 11.8. The van der Waals surface area contributed by atoms with Gasteiger partial charge in [0, 0.05) is 25.0 Å². The zero-order valence-electron chi connectivity index (χ0n) is 10.5. The lowest BCUT2D eigenvalue weighted by Gasteiger charge is -2.13. The van der Waals surface area contributed by atoms with Gasteiger partial charge < -0.3 is 5.11 Å². The molecule has 0 amide bonds. The molecule has 1 rings (SSSR count). The Kier molecular flexibility index (Phi) is 6.24. The summed E-state index contributed by atoms with van der Waals surface area (Å²) in [5, 5.41) is 8.68. The normalized spacial score (nSPS) is 13.4. The fourth-order valence-electron chi connectivity index (χ4n) is 1.62. The maximum atomic E-state index is 11.8. The molecular weight excluding hydrogens is 252 g/mol. The summed E-state index contributed by atoms with van der Waals surface area (Å²) in [5.74, 6) is 0.0699. The largest absolute Gasteiger partial charge is 0.396 e. The highest BCUT2D eigenvalue weighted by Crippen LogP contribution is 2.02. The second-order valence-electron chi connectivity index (χ2n) is 4.31. The molecule has 18 heavy (non-hydrogen) atoms. The number of hydrogen-bond acceptors (Lipinski definition) is 4. The third kappa shape index (κ3) is 6.09. The highest BCUT2D eigenvalue weighted by Gasteiger charge is 2.14. The molecule has 0 saturated heterocycles. The molecule has 2 N–H and O–H groups in total. The Balaban J connectivity index is 2.40. The van der Waals surface area contributed by atoms with Gasteiger partial charge in [-0.15, -0.1) is 0 Å².